The predicted octanol–water partition coefficient (Wildman–Crippen LogP) is 2.71. The lowest BCUT2D eigenvalue weighted by molar-refractivity contribution is 0.280. The minimum Gasteiger partial charge on any atom is -0.396 e. The lowest BCUT2D eigenvalue weighted by Crippen LogP contribution is -1.87. The second-order valence-corrected chi connectivity index (χ2v) is 3.99. The van der Waals surface area contributed by atoms with E-state index in [0.717, 1.165) is 5.56 Å². The molecule has 17 heavy (non-hydrogen) atoms. The van der Waals surface area contributed by atoms with Gasteiger partial charge in [-0.25, -0.2) is 4.39 Å². The molecule has 0 amide bonds. The third kappa shape index (κ3) is 2.71. The molecular weight excluding hydrogens is 221 g/mol. The van der Waals surface area contributed by atoms with E-state index in [1.54, 1.807) is 18.2 Å². The Balaban J connectivity index is 2.27. The summed E-state index contributed by atoms with van der Waals surface area (Å²) in [4.78, 5) is 0. The molecule has 0 aliphatic heterocycles. The van der Waals surface area contributed by atoms with Gasteiger partial charge in [0.15, 0.2) is 0 Å². The average molecular weight is 235 g/mol. The Bertz CT molecular complexity index is 508. The summed E-state index contributed by atoms with van der Waals surface area (Å²) in [7, 11) is 0. The van der Waals surface area contributed by atoms with E-state index < -0.39 is 0 Å². The van der Waals surface area contributed by atoms with Crippen molar-refractivity contribution in [2.24, 2.45) is 0 Å². The average Bonchev–Trinajstić information content (AvgIpc) is 2.78. The summed E-state index contributed by atoms with van der Waals surface area (Å²) >= 11 is 0. The van der Waals surface area contributed by atoms with Crippen LogP contribution in [0.2, 0.25) is 0 Å². The van der Waals surface area contributed by atoms with Crippen LogP contribution in [-0.2, 0) is 6.42 Å². The van der Waals surface area contributed by atoms with Crippen LogP contribution in [0.4, 0.5) is 4.39 Å². The third-order valence-electron chi connectivity index (χ3n) is 2.54. The van der Waals surface area contributed by atoms with Crippen molar-refractivity contribution in [1.29, 1.82) is 0 Å². The Morgan fingerprint density at radius 3 is 2.94 bits per heavy atom. The Labute approximate surface area is 98.9 Å². The first-order chi connectivity index (χ1) is 8.20. The van der Waals surface area contributed by atoms with Gasteiger partial charge in [0, 0.05) is 24.7 Å². The van der Waals surface area contributed by atoms with Gasteiger partial charge in [0.05, 0.1) is 0 Å². The van der Waals surface area contributed by atoms with Gasteiger partial charge in [-0.3, -0.25) is 0 Å². The maximum absolute atomic E-state index is 13.6. The number of aliphatic hydroxyl groups is 1. The van der Waals surface area contributed by atoms with Gasteiger partial charge < -0.3 is 9.63 Å². The van der Waals surface area contributed by atoms with Gasteiger partial charge in [-0.15, -0.1) is 0 Å². The number of aliphatic hydroxyl groups excluding tert-OH is 1. The summed E-state index contributed by atoms with van der Waals surface area (Å²) in [6, 6.07) is 6.59. The second kappa shape index (κ2) is 5.10. The van der Waals surface area contributed by atoms with Gasteiger partial charge in [-0.1, -0.05) is 16.8 Å². The molecule has 90 valence electrons. The molecule has 0 spiro atoms. The lowest BCUT2D eigenvalue weighted by atomic mass is 10.1. The Hall–Kier alpha value is -1.68. The fourth-order valence-electron chi connectivity index (χ4n) is 1.65. The van der Waals surface area contributed by atoms with Crippen molar-refractivity contribution < 1.29 is 14.0 Å². The molecule has 1 N–H and O–H groups in total. The fraction of sp³-hybridized carbons (Fsp3) is 0.308. The van der Waals surface area contributed by atoms with Crippen LogP contribution in [-0.4, -0.2) is 16.9 Å². The van der Waals surface area contributed by atoms with Crippen LogP contribution in [0, 0.1) is 12.7 Å². The zero-order valence-electron chi connectivity index (χ0n) is 9.61. The van der Waals surface area contributed by atoms with Gasteiger partial charge in [0.1, 0.15) is 17.3 Å². The molecule has 0 unspecified atom stereocenters. The molecule has 1 aromatic carbocycles. The lowest BCUT2D eigenvalue weighted by Gasteiger charge is -1.99. The minimum atomic E-state index is -0.308. The SMILES string of the molecule is Cc1ccc(F)c(-c2cc(CCCO)on2)c1. The molecule has 0 bridgehead atoms. The van der Waals surface area contributed by atoms with E-state index in [2.05, 4.69) is 5.16 Å². The van der Waals surface area contributed by atoms with E-state index in [1.165, 1.54) is 6.07 Å². The van der Waals surface area contributed by atoms with Crippen LogP contribution in [0.5, 0.6) is 0 Å². The Morgan fingerprint density at radius 2 is 2.18 bits per heavy atom. The second-order valence-electron chi connectivity index (χ2n) is 3.99. The van der Waals surface area contributed by atoms with E-state index in [1.807, 2.05) is 6.92 Å². The summed E-state index contributed by atoms with van der Waals surface area (Å²) in [5.41, 5.74) is 1.92. The van der Waals surface area contributed by atoms with Crippen LogP contribution in [0.15, 0.2) is 28.8 Å². The highest BCUT2D eigenvalue weighted by molar-refractivity contribution is 5.60. The van der Waals surface area contributed by atoms with Crippen LogP contribution in [0.3, 0.4) is 0 Å². The monoisotopic (exact) mass is 235 g/mol. The smallest absolute Gasteiger partial charge is 0.137 e. The van der Waals surface area contributed by atoms with Crippen LogP contribution >= 0.6 is 0 Å². The predicted molar refractivity (Wildman–Crippen MR) is 62.0 cm³/mol. The third-order valence-corrected chi connectivity index (χ3v) is 2.54. The molecule has 0 aliphatic carbocycles. The van der Waals surface area contributed by atoms with Crippen LogP contribution in [0.1, 0.15) is 17.7 Å². The van der Waals surface area contributed by atoms with E-state index in [0.29, 0.717) is 29.9 Å². The molecule has 0 saturated heterocycles. The summed E-state index contributed by atoms with van der Waals surface area (Å²) < 4.78 is 18.7. The van der Waals surface area contributed by atoms with Crippen molar-refractivity contribution in [3.05, 3.63) is 41.4 Å². The molecule has 0 radical (unpaired) electrons. The highest BCUT2D eigenvalue weighted by Crippen LogP contribution is 2.23. The zero-order valence-corrected chi connectivity index (χ0v) is 9.61. The number of hydrogen-bond acceptors (Lipinski definition) is 3. The van der Waals surface area contributed by atoms with Crippen molar-refractivity contribution in [3.8, 4) is 11.3 Å². The first-order valence-electron chi connectivity index (χ1n) is 5.53. The molecule has 1 heterocycles. The van der Waals surface area contributed by atoms with Gasteiger partial charge in [-0.05, 0) is 25.5 Å². The van der Waals surface area contributed by atoms with Crippen molar-refractivity contribution in [2.75, 3.05) is 6.61 Å². The highest BCUT2D eigenvalue weighted by atomic mass is 19.1. The number of halogens is 1. The first-order valence-corrected chi connectivity index (χ1v) is 5.53. The summed E-state index contributed by atoms with van der Waals surface area (Å²) in [6.07, 6.45) is 1.22. The maximum Gasteiger partial charge on any atom is 0.137 e. The number of aromatic nitrogens is 1. The summed E-state index contributed by atoms with van der Waals surface area (Å²) in [5.74, 6) is 0.354. The molecule has 2 rings (SSSR count). The molecule has 0 atom stereocenters. The molecule has 3 nitrogen and oxygen atoms in total. The Kier molecular flexibility index (Phi) is 3.54. The number of nitrogens with zero attached hydrogens (tertiary/aromatic N) is 1. The van der Waals surface area contributed by atoms with Crippen LogP contribution < -0.4 is 0 Å². The molecule has 4 heteroatoms. The van der Waals surface area contributed by atoms with Crippen molar-refractivity contribution >= 4 is 0 Å². The molecule has 2 aromatic rings. The normalized spacial score (nSPS) is 10.8. The van der Waals surface area contributed by atoms with Gasteiger partial charge in [0.2, 0.25) is 0 Å². The summed E-state index contributed by atoms with van der Waals surface area (Å²) in [6.45, 7) is 2.00. The first kappa shape index (κ1) is 11.8. The van der Waals surface area contributed by atoms with Crippen molar-refractivity contribution in [1.82, 2.24) is 5.16 Å². The standard InChI is InChI=1S/C13H14FNO2/c1-9-4-5-12(14)11(7-9)13-8-10(17-15-13)3-2-6-16/h4-5,7-8,16H,2-3,6H2,1H3. The maximum atomic E-state index is 13.6. The molecule has 0 fully saturated rings. The quantitative estimate of drug-likeness (QED) is 0.886. The number of benzene rings is 1. The van der Waals surface area contributed by atoms with Gasteiger partial charge >= 0.3 is 0 Å². The molecule has 0 aliphatic rings. The number of hydrogen-bond donors (Lipinski definition) is 1. The van der Waals surface area contributed by atoms with Crippen LogP contribution in [0.25, 0.3) is 11.3 Å². The fourth-order valence-corrected chi connectivity index (χ4v) is 1.65. The van der Waals surface area contributed by atoms with Gasteiger partial charge in [0.25, 0.3) is 0 Å². The topological polar surface area (TPSA) is 46.3 Å². The molecular formula is C13H14FNO2. The van der Waals surface area contributed by atoms with Gasteiger partial charge in [-0.2, -0.15) is 0 Å². The Morgan fingerprint density at radius 1 is 1.35 bits per heavy atom. The highest BCUT2D eigenvalue weighted by Gasteiger charge is 2.10. The van der Waals surface area contributed by atoms with E-state index in [4.69, 9.17) is 9.63 Å². The van der Waals surface area contributed by atoms with E-state index >= 15 is 0 Å². The zero-order chi connectivity index (χ0) is 12.3. The molecule has 0 saturated carbocycles. The largest absolute Gasteiger partial charge is 0.396 e. The van der Waals surface area contributed by atoms with E-state index in [-0.39, 0.29) is 12.4 Å². The van der Waals surface area contributed by atoms with Crippen molar-refractivity contribution in [3.63, 3.8) is 0 Å². The number of rotatable bonds is 4. The van der Waals surface area contributed by atoms with E-state index in [9.17, 15) is 4.39 Å². The number of aryl methyl sites for hydroxylation is 2. The minimum absolute atomic E-state index is 0.106. The van der Waals surface area contributed by atoms with Crippen molar-refractivity contribution in [2.45, 2.75) is 19.8 Å². The summed E-state index contributed by atoms with van der Waals surface area (Å²) in [5, 5.41) is 12.6. The molecule has 1 aromatic heterocycles.